The van der Waals surface area contributed by atoms with Gasteiger partial charge in [0, 0.05) is 23.3 Å². The largest absolute Gasteiger partial charge is 0.464 e. The summed E-state index contributed by atoms with van der Waals surface area (Å²) in [6.45, 7) is 6.08. The molecule has 1 aromatic carbocycles. The highest BCUT2D eigenvalue weighted by molar-refractivity contribution is 6.42. The van der Waals surface area contributed by atoms with E-state index in [9.17, 15) is 4.79 Å². The predicted octanol–water partition coefficient (Wildman–Crippen LogP) is 5.81. The molecule has 0 fully saturated rings. The van der Waals surface area contributed by atoms with Crippen molar-refractivity contribution in [1.82, 2.24) is 14.8 Å². The van der Waals surface area contributed by atoms with Gasteiger partial charge in [-0.05, 0) is 49.1 Å². The number of aryl methyl sites for hydroxylation is 1. The zero-order valence-corrected chi connectivity index (χ0v) is 18.3. The van der Waals surface area contributed by atoms with Crippen LogP contribution in [0, 0.1) is 12.3 Å². The number of carbonyl (C=O) groups is 1. The molecule has 3 aromatic rings. The Hall–Kier alpha value is -2.57. The molecular formula is C22H20Cl2N4O2. The van der Waals surface area contributed by atoms with E-state index in [1.165, 1.54) is 0 Å². The van der Waals surface area contributed by atoms with E-state index in [0.29, 0.717) is 39.6 Å². The first kappa shape index (κ1) is 19.4. The molecule has 30 heavy (non-hydrogen) atoms. The number of Topliss-reactive ketones (excluding diaryl/α,β-unsaturated/α-hetero) is 1. The number of nitrogens with zero attached hydrogens (tertiary/aromatic N) is 3. The van der Waals surface area contributed by atoms with Gasteiger partial charge in [0.1, 0.15) is 17.6 Å². The van der Waals surface area contributed by atoms with E-state index in [4.69, 9.17) is 37.7 Å². The molecule has 1 N–H and O–H groups in total. The molecule has 2 aromatic heterocycles. The number of nitrogens with one attached hydrogen (secondary N) is 1. The number of benzene rings is 1. The van der Waals surface area contributed by atoms with Gasteiger partial charge >= 0.3 is 0 Å². The summed E-state index contributed by atoms with van der Waals surface area (Å²) in [5.41, 5.74) is 2.20. The van der Waals surface area contributed by atoms with Gasteiger partial charge in [-0.3, -0.25) is 4.79 Å². The summed E-state index contributed by atoms with van der Waals surface area (Å²) in [5.74, 6) is 2.61. The molecule has 1 atom stereocenters. The molecule has 3 heterocycles. The lowest BCUT2D eigenvalue weighted by Gasteiger charge is -2.37. The van der Waals surface area contributed by atoms with Crippen LogP contribution in [0.1, 0.15) is 44.3 Å². The van der Waals surface area contributed by atoms with Crippen molar-refractivity contribution in [2.24, 2.45) is 5.41 Å². The van der Waals surface area contributed by atoms with Crippen LogP contribution in [0.5, 0.6) is 0 Å². The van der Waals surface area contributed by atoms with Crippen molar-refractivity contribution in [2.45, 2.75) is 39.7 Å². The second-order valence-electron chi connectivity index (χ2n) is 8.64. The van der Waals surface area contributed by atoms with Crippen molar-refractivity contribution in [1.29, 1.82) is 0 Å². The van der Waals surface area contributed by atoms with E-state index < -0.39 is 6.04 Å². The Morgan fingerprint density at radius 3 is 2.67 bits per heavy atom. The lowest BCUT2D eigenvalue weighted by Crippen LogP contribution is -2.36. The van der Waals surface area contributed by atoms with Crippen LogP contribution >= 0.6 is 23.2 Å². The zero-order chi connectivity index (χ0) is 21.2. The van der Waals surface area contributed by atoms with Gasteiger partial charge in [-0.2, -0.15) is 4.98 Å². The lowest BCUT2D eigenvalue weighted by molar-refractivity contribution is -0.118. The van der Waals surface area contributed by atoms with Gasteiger partial charge in [-0.25, -0.2) is 4.68 Å². The summed E-state index contributed by atoms with van der Waals surface area (Å²) in [7, 11) is 0. The average molecular weight is 443 g/mol. The first-order chi connectivity index (χ1) is 14.2. The number of aromatic nitrogens is 3. The number of halogens is 2. The van der Waals surface area contributed by atoms with Crippen molar-refractivity contribution >= 4 is 34.9 Å². The summed E-state index contributed by atoms with van der Waals surface area (Å²) < 4.78 is 7.66. The number of hydrogen-bond donors (Lipinski definition) is 1. The van der Waals surface area contributed by atoms with E-state index >= 15 is 0 Å². The van der Waals surface area contributed by atoms with Gasteiger partial charge < -0.3 is 9.73 Å². The normalized spacial score (nSPS) is 20.0. The van der Waals surface area contributed by atoms with Crippen molar-refractivity contribution in [3.8, 4) is 11.4 Å². The van der Waals surface area contributed by atoms with Crippen LogP contribution in [0.2, 0.25) is 10.0 Å². The Labute approximate surface area is 183 Å². The third kappa shape index (κ3) is 3.15. The fourth-order valence-electron chi connectivity index (χ4n) is 4.23. The summed E-state index contributed by atoms with van der Waals surface area (Å²) in [6, 6.07) is 8.60. The number of furan rings is 1. The Bertz CT molecular complexity index is 1220. The third-order valence-electron chi connectivity index (χ3n) is 5.54. The highest BCUT2D eigenvalue weighted by Crippen LogP contribution is 2.46. The van der Waals surface area contributed by atoms with Crippen LogP contribution in [0.3, 0.4) is 0 Å². The minimum atomic E-state index is -0.461. The number of carbonyl (C=O) groups excluding carboxylic acids is 1. The summed E-state index contributed by atoms with van der Waals surface area (Å²) in [4.78, 5) is 17.9. The number of allylic oxidation sites excluding steroid dienone is 2. The third-order valence-corrected chi connectivity index (χ3v) is 6.28. The van der Waals surface area contributed by atoms with Crippen LogP contribution < -0.4 is 5.32 Å². The minimum absolute atomic E-state index is 0.102. The molecule has 1 aliphatic carbocycles. The van der Waals surface area contributed by atoms with E-state index in [0.717, 1.165) is 23.4 Å². The smallest absolute Gasteiger partial charge is 0.227 e. The van der Waals surface area contributed by atoms with E-state index in [1.54, 1.807) is 16.8 Å². The maximum atomic E-state index is 13.2. The first-order valence-electron chi connectivity index (χ1n) is 9.73. The molecule has 0 amide bonds. The standard InChI is InChI=1S/C22H20Cl2N4O2/c1-11-4-7-17(30-11)19-18-15(9-22(2,3)10-16(18)29)25-21-26-20(27-28(19)21)12-5-6-13(23)14(24)8-12/h4-8,19H,9-10H2,1-3H3,(H,25,26,27). The van der Waals surface area contributed by atoms with Gasteiger partial charge in [0.2, 0.25) is 5.95 Å². The second-order valence-corrected chi connectivity index (χ2v) is 9.46. The van der Waals surface area contributed by atoms with Crippen molar-refractivity contribution in [3.63, 3.8) is 0 Å². The fraction of sp³-hybridized carbons (Fsp3) is 0.318. The number of ketones is 1. The number of rotatable bonds is 2. The van der Waals surface area contributed by atoms with Crippen LogP contribution in [-0.2, 0) is 4.79 Å². The molecule has 1 aliphatic heterocycles. The van der Waals surface area contributed by atoms with Crippen LogP contribution in [-0.4, -0.2) is 20.5 Å². The molecule has 8 heteroatoms. The molecule has 1 unspecified atom stereocenters. The molecule has 0 saturated heterocycles. The molecule has 5 rings (SSSR count). The Kier molecular flexibility index (Phi) is 4.35. The lowest BCUT2D eigenvalue weighted by atomic mass is 9.73. The molecule has 0 saturated carbocycles. The highest BCUT2D eigenvalue weighted by atomic mass is 35.5. The van der Waals surface area contributed by atoms with Crippen LogP contribution in [0.15, 0.2) is 46.0 Å². The molecular weight excluding hydrogens is 423 g/mol. The molecule has 2 aliphatic rings. The van der Waals surface area contributed by atoms with Gasteiger partial charge in [0.05, 0.1) is 10.0 Å². The van der Waals surface area contributed by atoms with E-state index in [2.05, 4.69) is 19.2 Å². The Morgan fingerprint density at radius 1 is 1.17 bits per heavy atom. The summed E-state index contributed by atoms with van der Waals surface area (Å²) in [5, 5.41) is 8.97. The molecule has 0 radical (unpaired) electrons. The zero-order valence-electron chi connectivity index (χ0n) is 16.8. The van der Waals surface area contributed by atoms with Crippen molar-refractivity contribution < 1.29 is 9.21 Å². The SMILES string of the molecule is Cc1ccc(C2C3=C(CC(C)(C)CC3=O)Nc3nc(-c4ccc(Cl)c(Cl)c4)nn32)o1. The monoisotopic (exact) mass is 442 g/mol. The number of fused-ring (bicyclic) bond motifs is 1. The van der Waals surface area contributed by atoms with E-state index in [1.807, 2.05) is 25.1 Å². The Balaban J connectivity index is 1.67. The minimum Gasteiger partial charge on any atom is -0.464 e. The van der Waals surface area contributed by atoms with Gasteiger partial charge in [0.25, 0.3) is 0 Å². The molecule has 0 spiro atoms. The predicted molar refractivity (Wildman–Crippen MR) is 116 cm³/mol. The summed E-state index contributed by atoms with van der Waals surface area (Å²) >= 11 is 12.2. The first-order valence-corrected chi connectivity index (χ1v) is 10.5. The molecule has 0 bridgehead atoms. The average Bonchev–Trinajstić information content (AvgIpc) is 3.27. The van der Waals surface area contributed by atoms with E-state index in [-0.39, 0.29) is 11.2 Å². The van der Waals surface area contributed by atoms with Gasteiger partial charge in [-0.15, -0.1) is 5.10 Å². The highest BCUT2D eigenvalue weighted by Gasteiger charge is 2.43. The number of hydrogen-bond acceptors (Lipinski definition) is 5. The quantitative estimate of drug-likeness (QED) is 0.541. The van der Waals surface area contributed by atoms with Crippen LogP contribution in [0.25, 0.3) is 11.4 Å². The fourth-order valence-corrected chi connectivity index (χ4v) is 4.53. The second kappa shape index (κ2) is 6.72. The molecule has 154 valence electrons. The Morgan fingerprint density at radius 2 is 1.97 bits per heavy atom. The maximum absolute atomic E-state index is 13.2. The van der Waals surface area contributed by atoms with Crippen molar-refractivity contribution in [3.05, 3.63) is 63.2 Å². The van der Waals surface area contributed by atoms with Crippen molar-refractivity contribution in [2.75, 3.05) is 5.32 Å². The molecule has 6 nitrogen and oxygen atoms in total. The van der Waals surface area contributed by atoms with Crippen LogP contribution in [0.4, 0.5) is 5.95 Å². The topological polar surface area (TPSA) is 73.0 Å². The maximum Gasteiger partial charge on any atom is 0.227 e. The van der Waals surface area contributed by atoms with Gasteiger partial charge in [-0.1, -0.05) is 37.0 Å². The van der Waals surface area contributed by atoms with Gasteiger partial charge in [0.15, 0.2) is 11.6 Å². The summed E-state index contributed by atoms with van der Waals surface area (Å²) in [6.07, 6.45) is 1.23. The number of anilines is 1.